The second-order valence-electron chi connectivity index (χ2n) is 6.19. The van der Waals surface area contributed by atoms with Gasteiger partial charge >= 0.3 is 0 Å². The molecular formula is C19H24N3OS+. The van der Waals surface area contributed by atoms with Gasteiger partial charge in [-0.25, -0.2) is 0 Å². The zero-order valence-electron chi connectivity index (χ0n) is 13.9. The van der Waals surface area contributed by atoms with Crippen LogP contribution in [0.5, 0.6) is 11.5 Å². The zero-order valence-corrected chi connectivity index (χ0v) is 14.8. The van der Waals surface area contributed by atoms with Crippen LogP contribution in [0.2, 0.25) is 0 Å². The van der Waals surface area contributed by atoms with Crippen molar-refractivity contribution in [3.63, 3.8) is 0 Å². The number of hydrogen-bond acceptors (Lipinski definition) is 2. The molecule has 24 heavy (non-hydrogen) atoms. The van der Waals surface area contributed by atoms with Gasteiger partial charge in [-0.05, 0) is 55.5 Å². The fraction of sp³-hybridized carbons (Fsp3) is 0.316. The highest BCUT2D eigenvalue weighted by Crippen LogP contribution is 2.22. The SMILES string of the molecule is C[C@H](c1ccc(Oc2ccccc2)cc1)[NH+]1CCN(C(N)=S)CC1. The van der Waals surface area contributed by atoms with E-state index in [1.54, 1.807) is 4.90 Å². The molecule has 0 aromatic heterocycles. The van der Waals surface area contributed by atoms with Gasteiger partial charge in [0.15, 0.2) is 5.11 Å². The summed E-state index contributed by atoms with van der Waals surface area (Å²) in [5.74, 6) is 1.73. The van der Waals surface area contributed by atoms with Gasteiger partial charge in [-0.2, -0.15) is 0 Å². The molecule has 0 saturated carbocycles. The summed E-state index contributed by atoms with van der Waals surface area (Å²) >= 11 is 5.06. The molecular weight excluding hydrogens is 318 g/mol. The van der Waals surface area contributed by atoms with Gasteiger partial charge in [-0.3, -0.25) is 0 Å². The molecule has 0 spiro atoms. The topological polar surface area (TPSA) is 42.9 Å². The van der Waals surface area contributed by atoms with Crippen LogP contribution < -0.4 is 15.4 Å². The van der Waals surface area contributed by atoms with Crippen LogP contribution >= 0.6 is 12.2 Å². The fourth-order valence-corrected chi connectivity index (χ4v) is 3.31. The first-order chi connectivity index (χ1) is 11.6. The maximum absolute atomic E-state index is 5.86. The van der Waals surface area contributed by atoms with Gasteiger partial charge < -0.3 is 20.3 Å². The Labute approximate surface area is 148 Å². The molecule has 1 saturated heterocycles. The predicted molar refractivity (Wildman–Crippen MR) is 100 cm³/mol. The number of thiocarbonyl (C=S) groups is 1. The first kappa shape index (κ1) is 16.7. The highest BCUT2D eigenvalue weighted by Gasteiger charge is 2.25. The molecule has 1 aliphatic rings. The van der Waals surface area contributed by atoms with Crippen LogP contribution in [-0.2, 0) is 0 Å². The van der Waals surface area contributed by atoms with Gasteiger partial charge in [0, 0.05) is 5.56 Å². The van der Waals surface area contributed by atoms with Crippen molar-refractivity contribution in [2.45, 2.75) is 13.0 Å². The molecule has 1 fully saturated rings. The lowest BCUT2D eigenvalue weighted by Crippen LogP contribution is -3.14. The molecule has 5 heteroatoms. The monoisotopic (exact) mass is 342 g/mol. The largest absolute Gasteiger partial charge is 0.457 e. The smallest absolute Gasteiger partial charge is 0.166 e. The number of nitrogens with one attached hydrogen (secondary N) is 1. The Kier molecular flexibility index (Phi) is 5.33. The maximum Gasteiger partial charge on any atom is 0.166 e. The first-order valence-corrected chi connectivity index (χ1v) is 8.76. The lowest BCUT2D eigenvalue weighted by Gasteiger charge is -2.35. The number of nitrogens with zero attached hydrogens (tertiary/aromatic N) is 1. The molecule has 126 valence electrons. The molecule has 0 radical (unpaired) electrons. The van der Waals surface area contributed by atoms with E-state index in [0.29, 0.717) is 11.2 Å². The van der Waals surface area contributed by atoms with Crippen molar-refractivity contribution in [3.05, 3.63) is 60.2 Å². The van der Waals surface area contributed by atoms with Gasteiger partial charge in [0.05, 0.1) is 26.2 Å². The summed E-state index contributed by atoms with van der Waals surface area (Å²) in [6.45, 7) is 6.26. The summed E-state index contributed by atoms with van der Waals surface area (Å²) in [7, 11) is 0. The number of hydrogen-bond donors (Lipinski definition) is 2. The third-order valence-corrected chi connectivity index (χ3v) is 4.95. The van der Waals surface area contributed by atoms with Crippen molar-refractivity contribution in [3.8, 4) is 11.5 Å². The normalized spacial score (nSPS) is 16.6. The number of ether oxygens (including phenoxy) is 1. The Morgan fingerprint density at radius 1 is 1.04 bits per heavy atom. The second kappa shape index (κ2) is 7.64. The number of para-hydroxylation sites is 1. The minimum absolute atomic E-state index is 0.448. The van der Waals surface area contributed by atoms with Gasteiger partial charge in [-0.1, -0.05) is 18.2 Å². The molecule has 3 rings (SSSR count). The van der Waals surface area contributed by atoms with Crippen molar-refractivity contribution in [1.29, 1.82) is 0 Å². The van der Waals surface area contributed by atoms with Gasteiger partial charge in [0.25, 0.3) is 0 Å². The molecule has 2 aromatic rings. The first-order valence-electron chi connectivity index (χ1n) is 8.35. The number of benzene rings is 2. The highest BCUT2D eigenvalue weighted by atomic mass is 32.1. The maximum atomic E-state index is 5.86. The highest BCUT2D eigenvalue weighted by molar-refractivity contribution is 7.80. The number of quaternary nitrogens is 1. The summed E-state index contributed by atoms with van der Waals surface area (Å²) in [5.41, 5.74) is 7.04. The van der Waals surface area contributed by atoms with E-state index >= 15 is 0 Å². The summed E-state index contributed by atoms with van der Waals surface area (Å²) in [4.78, 5) is 3.65. The van der Waals surface area contributed by atoms with Crippen molar-refractivity contribution >= 4 is 17.3 Å². The second-order valence-corrected chi connectivity index (χ2v) is 6.61. The van der Waals surface area contributed by atoms with Crippen LogP contribution in [0.3, 0.4) is 0 Å². The van der Waals surface area contributed by atoms with E-state index < -0.39 is 0 Å². The number of rotatable bonds is 4. The number of piperazine rings is 1. The molecule has 0 aliphatic carbocycles. The average Bonchev–Trinajstić information content (AvgIpc) is 2.63. The molecule has 1 heterocycles. The van der Waals surface area contributed by atoms with Crippen molar-refractivity contribution in [2.75, 3.05) is 26.2 Å². The molecule has 4 nitrogen and oxygen atoms in total. The molecule has 1 atom stereocenters. The zero-order chi connectivity index (χ0) is 16.9. The van der Waals surface area contributed by atoms with Crippen LogP contribution in [0.25, 0.3) is 0 Å². The quantitative estimate of drug-likeness (QED) is 0.834. The minimum Gasteiger partial charge on any atom is -0.457 e. The van der Waals surface area contributed by atoms with E-state index in [2.05, 4.69) is 24.0 Å². The minimum atomic E-state index is 0.448. The Morgan fingerprint density at radius 3 is 2.21 bits per heavy atom. The van der Waals surface area contributed by atoms with Crippen LogP contribution in [0.4, 0.5) is 0 Å². The number of nitrogens with two attached hydrogens (primary N) is 1. The Hall–Kier alpha value is -2.11. The van der Waals surface area contributed by atoms with Gasteiger partial charge in [0.1, 0.15) is 17.5 Å². The van der Waals surface area contributed by atoms with Crippen LogP contribution in [0.15, 0.2) is 54.6 Å². The van der Waals surface area contributed by atoms with Crippen molar-refractivity contribution in [1.82, 2.24) is 4.90 Å². The molecule has 1 aliphatic heterocycles. The lowest BCUT2D eigenvalue weighted by molar-refractivity contribution is -0.933. The Morgan fingerprint density at radius 2 is 1.62 bits per heavy atom. The molecule has 0 unspecified atom stereocenters. The van der Waals surface area contributed by atoms with Crippen LogP contribution in [0.1, 0.15) is 18.5 Å². The predicted octanol–water partition coefficient (Wildman–Crippen LogP) is 1.98. The van der Waals surface area contributed by atoms with Crippen LogP contribution in [0, 0.1) is 0 Å². The van der Waals surface area contributed by atoms with E-state index in [9.17, 15) is 0 Å². The van der Waals surface area contributed by atoms with Crippen molar-refractivity contribution in [2.24, 2.45) is 5.73 Å². The van der Waals surface area contributed by atoms with Gasteiger partial charge in [0.2, 0.25) is 0 Å². The summed E-state index contributed by atoms with van der Waals surface area (Å²) in [6.07, 6.45) is 0. The lowest BCUT2D eigenvalue weighted by atomic mass is 10.1. The average molecular weight is 342 g/mol. The standard InChI is InChI=1S/C19H23N3OS/c1-15(21-11-13-22(14-12-21)19(20)24)16-7-9-18(10-8-16)23-17-5-3-2-4-6-17/h2-10,15H,11-14H2,1H3,(H2,20,24)/p+1/t15-/m1/s1. The molecule has 2 aromatic carbocycles. The van der Waals surface area contributed by atoms with E-state index in [4.69, 9.17) is 22.7 Å². The van der Waals surface area contributed by atoms with Crippen LogP contribution in [-0.4, -0.2) is 36.2 Å². The van der Waals surface area contributed by atoms with Gasteiger partial charge in [-0.15, -0.1) is 0 Å². The van der Waals surface area contributed by atoms with E-state index in [-0.39, 0.29) is 0 Å². The summed E-state index contributed by atoms with van der Waals surface area (Å²) < 4.78 is 5.86. The Bertz CT molecular complexity index is 667. The third kappa shape index (κ3) is 4.04. The van der Waals surface area contributed by atoms with E-state index in [1.165, 1.54) is 5.56 Å². The fourth-order valence-electron chi connectivity index (χ4n) is 3.13. The Balaban J connectivity index is 1.60. The molecule has 0 bridgehead atoms. The summed E-state index contributed by atoms with van der Waals surface area (Å²) in [5, 5.41) is 0.518. The van der Waals surface area contributed by atoms with E-state index in [1.807, 2.05) is 42.5 Å². The van der Waals surface area contributed by atoms with E-state index in [0.717, 1.165) is 37.7 Å². The third-order valence-electron chi connectivity index (χ3n) is 4.69. The molecule has 0 amide bonds. The summed E-state index contributed by atoms with van der Waals surface area (Å²) in [6, 6.07) is 18.7. The van der Waals surface area contributed by atoms with Crippen molar-refractivity contribution < 1.29 is 9.64 Å². The molecule has 3 N–H and O–H groups in total.